The molecule has 0 aromatic heterocycles. The molecule has 110 valence electrons. The number of hydrogen-bond donors (Lipinski definition) is 4. The second-order valence-corrected chi connectivity index (χ2v) is 6.13. The van der Waals surface area contributed by atoms with Gasteiger partial charge in [0.1, 0.15) is 0 Å². The third-order valence-electron chi connectivity index (χ3n) is 3.58. The Bertz CT molecular complexity index is 342. The highest BCUT2D eigenvalue weighted by molar-refractivity contribution is 5.83. The number of carbonyl (C=O) groups is 2. The van der Waals surface area contributed by atoms with Gasteiger partial charge in [-0.25, -0.2) is 9.59 Å². The minimum Gasteiger partial charge on any atom is -0.480 e. The second kappa shape index (κ2) is 6.23. The van der Waals surface area contributed by atoms with Crippen LogP contribution in [-0.4, -0.2) is 40.4 Å². The van der Waals surface area contributed by atoms with Gasteiger partial charge in [-0.2, -0.15) is 0 Å². The highest BCUT2D eigenvalue weighted by Gasteiger charge is 2.30. The van der Waals surface area contributed by atoms with Gasteiger partial charge in [0.15, 0.2) is 6.04 Å². The van der Waals surface area contributed by atoms with Crippen LogP contribution in [0.5, 0.6) is 0 Å². The summed E-state index contributed by atoms with van der Waals surface area (Å²) >= 11 is 0. The highest BCUT2D eigenvalue weighted by atomic mass is 16.4. The first kappa shape index (κ1) is 15.8. The summed E-state index contributed by atoms with van der Waals surface area (Å²) in [5.41, 5.74) is 0.201. The van der Waals surface area contributed by atoms with Gasteiger partial charge in [-0.05, 0) is 31.6 Å². The smallest absolute Gasteiger partial charge is 0.328 e. The zero-order valence-corrected chi connectivity index (χ0v) is 11.8. The van der Waals surface area contributed by atoms with Gasteiger partial charge in [0, 0.05) is 6.04 Å². The number of aliphatic carboxylic acids is 1. The average Bonchev–Trinajstić information content (AvgIpc) is 2.23. The van der Waals surface area contributed by atoms with Crippen LogP contribution in [0.1, 0.15) is 46.5 Å². The van der Waals surface area contributed by atoms with Crippen molar-refractivity contribution >= 4 is 12.0 Å². The Kier molecular flexibility index (Phi) is 5.17. The largest absolute Gasteiger partial charge is 0.480 e. The van der Waals surface area contributed by atoms with E-state index in [0.717, 1.165) is 25.7 Å². The number of nitrogens with one attached hydrogen (secondary N) is 2. The molecular weight excluding hydrogens is 248 g/mol. The van der Waals surface area contributed by atoms with Gasteiger partial charge in [0.2, 0.25) is 0 Å². The number of hydrogen-bond acceptors (Lipinski definition) is 3. The van der Waals surface area contributed by atoms with Crippen molar-refractivity contribution in [2.24, 2.45) is 5.41 Å². The molecule has 0 saturated heterocycles. The molecule has 0 aromatic carbocycles. The molecule has 19 heavy (non-hydrogen) atoms. The Balaban J connectivity index is 2.48. The number of carbonyl (C=O) groups excluding carboxylic acids is 1. The van der Waals surface area contributed by atoms with Gasteiger partial charge >= 0.3 is 12.0 Å². The molecule has 4 N–H and O–H groups in total. The van der Waals surface area contributed by atoms with Crippen molar-refractivity contribution in [1.82, 2.24) is 10.6 Å². The van der Waals surface area contributed by atoms with E-state index in [1.807, 2.05) is 0 Å². The third kappa shape index (κ3) is 5.06. The van der Waals surface area contributed by atoms with Crippen molar-refractivity contribution in [3.8, 4) is 0 Å². The van der Waals surface area contributed by atoms with E-state index in [9.17, 15) is 14.7 Å². The second-order valence-electron chi connectivity index (χ2n) is 6.13. The van der Waals surface area contributed by atoms with Crippen LogP contribution in [0.15, 0.2) is 0 Å². The average molecular weight is 272 g/mol. The Morgan fingerprint density at radius 2 is 2.00 bits per heavy atom. The van der Waals surface area contributed by atoms with E-state index < -0.39 is 24.1 Å². The normalized spacial score (nSPS) is 25.2. The molecule has 3 unspecified atom stereocenters. The fraction of sp³-hybridized carbons (Fsp3) is 0.846. The molecule has 1 fully saturated rings. The Labute approximate surface area is 113 Å². The summed E-state index contributed by atoms with van der Waals surface area (Å²) in [4.78, 5) is 22.6. The SMILES string of the molecule is CC(O)C(NC(=O)NC1CCCC(C)(C)C1)C(=O)O. The first-order valence-electron chi connectivity index (χ1n) is 6.69. The van der Waals surface area contributed by atoms with Crippen molar-refractivity contribution in [2.45, 2.75) is 64.6 Å². The molecule has 3 atom stereocenters. The Morgan fingerprint density at radius 3 is 2.47 bits per heavy atom. The lowest BCUT2D eigenvalue weighted by molar-refractivity contribution is -0.141. The van der Waals surface area contributed by atoms with E-state index in [4.69, 9.17) is 5.11 Å². The molecule has 1 aliphatic rings. The first-order valence-corrected chi connectivity index (χ1v) is 6.69. The van der Waals surface area contributed by atoms with Gasteiger partial charge in [-0.15, -0.1) is 0 Å². The van der Waals surface area contributed by atoms with E-state index >= 15 is 0 Å². The molecule has 1 saturated carbocycles. The van der Waals surface area contributed by atoms with Crippen LogP contribution in [0.3, 0.4) is 0 Å². The third-order valence-corrected chi connectivity index (χ3v) is 3.58. The summed E-state index contributed by atoms with van der Waals surface area (Å²) in [5.74, 6) is -1.24. The maximum Gasteiger partial charge on any atom is 0.328 e. The topological polar surface area (TPSA) is 98.7 Å². The van der Waals surface area contributed by atoms with Gasteiger partial charge in [-0.1, -0.05) is 20.3 Å². The van der Waals surface area contributed by atoms with Crippen LogP contribution in [-0.2, 0) is 4.79 Å². The fourth-order valence-electron chi connectivity index (χ4n) is 2.58. The lowest BCUT2D eigenvalue weighted by Crippen LogP contribution is -2.53. The molecule has 0 heterocycles. The summed E-state index contributed by atoms with van der Waals surface area (Å²) in [6, 6.07) is -1.75. The summed E-state index contributed by atoms with van der Waals surface area (Å²) in [6.07, 6.45) is 2.84. The van der Waals surface area contributed by atoms with Gasteiger partial charge in [0.25, 0.3) is 0 Å². The zero-order valence-electron chi connectivity index (χ0n) is 11.8. The quantitative estimate of drug-likeness (QED) is 0.615. The van der Waals surface area contributed by atoms with E-state index in [-0.39, 0.29) is 11.5 Å². The lowest BCUT2D eigenvalue weighted by Gasteiger charge is -2.35. The van der Waals surface area contributed by atoms with Crippen LogP contribution >= 0.6 is 0 Å². The molecule has 2 amide bonds. The van der Waals surface area contributed by atoms with Crippen LogP contribution in [0, 0.1) is 5.41 Å². The van der Waals surface area contributed by atoms with E-state index in [1.165, 1.54) is 6.92 Å². The number of amides is 2. The molecule has 1 aliphatic carbocycles. The molecule has 6 heteroatoms. The fourth-order valence-corrected chi connectivity index (χ4v) is 2.58. The van der Waals surface area contributed by atoms with Crippen molar-refractivity contribution in [3.63, 3.8) is 0 Å². The lowest BCUT2D eigenvalue weighted by atomic mass is 9.75. The number of carboxylic acid groups (broad SMARTS) is 1. The Morgan fingerprint density at radius 1 is 1.37 bits per heavy atom. The molecule has 0 aromatic rings. The summed E-state index contributed by atoms with van der Waals surface area (Å²) in [5, 5.41) is 23.3. The minimum absolute atomic E-state index is 0.0622. The van der Waals surface area contributed by atoms with Crippen molar-refractivity contribution < 1.29 is 19.8 Å². The van der Waals surface area contributed by atoms with E-state index in [2.05, 4.69) is 24.5 Å². The summed E-state index contributed by atoms with van der Waals surface area (Å²) in [7, 11) is 0. The molecule has 1 rings (SSSR count). The number of urea groups is 1. The predicted molar refractivity (Wildman–Crippen MR) is 70.8 cm³/mol. The van der Waals surface area contributed by atoms with Crippen LogP contribution in [0.25, 0.3) is 0 Å². The number of aliphatic hydroxyl groups excluding tert-OH is 1. The standard InChI is InChI=1S/C13H24N2O4/c1-8(16)10(11(17)18)15-12(19)14-9-5-4-6-13(2,3)7-9/h8-10,16H,4-7H2,1-3H3,(H,17,18)(H2,14,15,19). The van der Waals surface area contributed by atoms with Gasteiger partial charge in [0.05, 0.1) is 6.10 Å². The van der Waals surface area contributed by atoms with E-state index in [0.29, 0.717) is 0 Å². The predicted octanol–water partition coefficient (Wildman–Crippen LogP) is 1.09. The highest BCUT2D eigenvalue weighted by Crippen LogP contribution is 2.34. The zero-order chi connectivity index (χ0) is 14.6. The van der Waals surface area contributed by atoms with Crippen LogP contribution in [0.4, 0.5) is 4.79 Å². The molecule has 0 radical (unpaired) electrons. The monoisotopic (exact) mass is 272 g/mol. The molecule has 0 bridgehead atoms. The summed E-state index contributed by atoms with van der Waals surface area (Å²) < 4.78 is 0. The minimum atomic E-state index is -1.28. The van der Waals surface area contributed by atoms with Crippen molar-refractivity contribution in [3.05, 3.63) is 0 Å². The number of aliphatic hydroxyl groups is 1. The van der Waals surface area contributed by atoms with Crippen molar-refractivity contribution in [2.75, 3.05) is 0 Å². The molecular formula is C13H24N2O4. The summed E-state index contributed by atoms with van der Waals surface area (Å²) in [6.45, 7) is 5.66. The number of rotatable bonds is 4. The molecule has 0 spiro atoms. The van der Waals surface area contributed by atoms with Crippen LogP contribution in [0.2, 0.25) is 0 Å². The van der Waals surface area contributed by atoms with Gasteiger partial charge in [-0.3, -0.25) is 0 Å². The molecule has 0 aliphatic heterocycles. The molecule has 6 nitrogen and oxygen atoms in total. The van der Waals surface area contributed by atoms with Gasteiger partial charge < -0.3 is 20.8 Å². The number of carboxylic acids is 1. The maximum atomic E-state index is 11.7. The van der Waals surface area contributed by atoms with Crippen LogP contribution < -0.4 is 10.6 Å². The Hall–Kier alpha value is -1.30. The van der Waals surface area contributed by atoms with E-state index in [1.54, 1.807) is 0 Å². The first-order chi connectivity index (χ1) is 8.71. The maximum absolute atomic E-state index is 11.7. The van der Waals surface area contributed by atoms with Crippen molar-refractivity contribution in [1.29, 1.82) is 0 Å².